The molecule has 4 nitrogen and oxygen atoms in total. The number of nitrogens with one attached hydrogen (secondary N) is 2. The first-order chi connectivity index (χ1) is 7.99. The van der Waals surface area contributed by atoms with Gasteiger partial charge in [-0.15, -0.1) is 0 Å². The molecular weight excluding hydrogens is 240 g/mol. The number of carbonyl (C=O) groups is 2. The van der Waals surface area contributed by atoms with Crippen molar-refractivity contribution >= 4 is 29.1 Å². The van der Waals surface area contributed by atoms with Gasteiger partial charge >= 0.3 is 0 Å². The van der Waals surface area contributed by atoms with E-state index in [1.165, 1.54) is 6.92 Å². The predicted octanol–water partition coefficient (Wildman–Crippen LogP) is 2.11. The molecule has 1 rings (SSSR count). The Labute approximate surface area is 105 Å². The highest BCUT2D eigenvalue weighted by Gasteiger charge is 2.04. The molecule has 0 aliphatic heterocycles. The largest absolute Gasteiger partial charge is 0.356 e. The molecule has 0 atom stereocenters. The average molecular weight is 255 g/mol. The second-order valence-electron chi connectivity index (χ2n) is 3.75. The molecule has 0 unspecified atom stereocenters. The summed E-state index contributed by atoms with van der Waals surface area (Å²) in [5.74, 6) is -0.296. The lowest BCUT2D eigenvalue weighted by molar-refractivity contribution is -0.119. The standard InChI is InChI=1S/C12H15ClN2O2/c1-8-3-4-10(7-11(8)13)15-12(17)5-6-14-9(2)16/h3-4,7H,5-6H2,1-2H3,(H,14,16)(H,15,17). The molecule has 5 heteroatoms. The minimum absolute atomic E-state index is 0.142. The normalized spacial score (nSPS) is 9.82. The Kier molecular flexibility index (Phi) is 4.97. The molecule has 0 saturated heterocycles. The Bertz CT molecular complexity index is 433. The summed E-state index contributed by atoms with van der Waals surface area (Å²) in [5, 5.41) is 5.88. The number of anilines is 1. The summed E-state index contributed by atoms with van der Waals surface area (Å²) in [4.78, 5) is 22.1. The van der Waals surface area contributed by atoms with Crippen molar-refractivity contribution in [3.05, 3.63) is 28.8 Å². The zero-order valence-corrected chi connectivity index (χ0v) is 10.6. The number of aryl methyl sites for hydroxylation is 1. The van der Waals surface area contributed by atoms with Crippen LogP contribution >= 0.6 is 11.6 Å². The minimum atomic E-state index is -0.154. The van der Waals surface area contributed by atoms with Gasteiger partial charge in [0.15, 0.2) is 0 Å². The Morgan fingerprint density at radius 2 is 2.06 bits per heavy atom. The third-order valence-electron chi connectivity index (χ3n) is 2.18. The molecular formula is C12H15ClN2O2. The highest BCUT2D eigenvalue weighted by molar-refractivity contribution is 6.31. The van der Waals surface area contributed by atoms with E-state index in [1.807, 2.05) is 13.0 Å². The molecule has 0 aliphatic rings. The maximum absolute atomic E-state index is 11.5. The molecule has 92 valence electrons. The second-order valence-corrected chi connectivity index (χ2v) is 4.15. The molecule has 0 spiro atoms. The van der Waals surface area contributed by atoms with Gasteiger partial charge < -0.3 is 10.6 Å². The summed E-state index contributed by atoms with van der Waals surface area (Å²) in [6.45, 7) is 3.64. The van der Waals surface area contributed by atoms with Crippen molar-refractivity contribution in [2.24, 2.45) is 0 Å². The quantitative estimate of drug-likeness (QED) is 0.865. The summed E-state index contributed by atoms with van der Waals surface area (Å²) in [7, 11) is 0. The maximum atomic E-state index is 11.5. The molecule has 0 aromatic heterocycles. The lowest BCUT2D eigenvalue weighted by Gasteiger charge is -2.07. The zero-order valence-electron chi connectivity index (χ0n) is 9.84. The number of hydrogen-bond acceptors (Lipinski definition) is 2. The fourth-order valence-corrected chi connectivity index (χ4v) is 1.43. The Morgan fingerprint density at radius 1 is 1.35 bits per heavy atom. The molecule has 0 saturated carbocycles. The highest BCUT2D eigenvalue weighted by atomic mass is 35.5. The Morgan fingerprint density at radius 3 is 2.65 bits per heavy atom. The van der Waals surface area contributed by atoms with E-state index in [0.29, 0.717) is 17.3 Å². The van der Waals surface area contributed by atoms with Crippen LogP contribution in [-0.2, 0) is 9.59 Å². The van der Waals surface area contributed by atoms with E-state index >= 15 is 0 Å². The van der Waals surface area contributed by atoms with Gasteiger partial charge in [-0.1, -0.05) is 17.7 Å². The van der Waals surface area contributed by atoms with E-state index in [1.54, 1.807) is 12.1 Å². The molecule has 1 aromatic carbocycles. The van der Waals surface area contributed by atoms with Crippen molar-refractivity contribution in [2.75, 3.05) is 11.9 Å². The number of halogens is 1. The van der Waals surface area contributed by atoms with E-state index in [-0.39, 0.29) is 18.2 Å². The molecule has 1 aromatic rings. The van der Waals surface area contributed by atoms with E-state index in [4.69, 9.17) is 11.6 Å². The minimum Gasteiger partial charge on any atom is -0.356 e. The third kappa shape index (κ3) is 4.87. The van der Waals surface area contributed by atoms with Gasteiger partial charge in [0.25, 0.3) is 0 Å². The lowest BCUT2D eigenvalue weighted by Crippen LogP contribution is -2.25. The summed E-state index contributed by atoms with van der Waals surface area (Å²) in [6.07, 6.45) is 0.241. The van der Waals surface area contributed by atoms with Crippen LogP contribution < -0.4 is 10.6 Å². The van der Waals surface area contributed by atoms with Crippen LogP contribution in [0.1, 0.15) is 18.9 Å². The van der Waals surface area contributed by atoms with Crippen molar-refractivity contribution < 1.29 is 9.59 Å². The van der Waals surface area contributed by atoms with Crippen molar-refractivity contribution in [3.63, 3.8) is 0 Å². The fourth-order valence-electron chi connectivity index (χ4n) is 1.25. The van der Waals surface area contributed by atoms with Crippen LogP contribution in [0.25, 0.3) is 0 Å². The third-order valence-corrected chi connectivity index (χ3v) is 2.59. The number of carbonyl (C=O) groups excluding carboxylic acids is 2. The first kappa shape index (κ1) is 13.5. The van der Waals surface area contributed by atoms with E-state index in [2.05, 4.69) is 10.6 Å². The molecule has 0 heterocycles. The van der Waals surface area contributed by atoms with Crippen molar-refractivity contribution in [1.29, 1.82) is 0 Å². The highest BCUT2D eigenvalue weighted by Crippen LogP contribution is 2.19. The average Bonchev–Trinajstić information content (AvgIpc) is 2.23. The summed E-state index contributed by atoms with van der Waals surface area (Å²) in [5.41, 5.74) is 1.62. The SMILES string of the molecule is CC(=O)NCCC(=O)Nc1ccc(C)c(Cl)c1. The van der Waals surface area contributed by atoms with E-state index in [9.17, 15) is 9.59 Å². The molecule has 0 aliphatic carbocycles. The van der Waals surface area contributed by atoms with Gasteiger partial charge in [0.1, 0.15) is 0 Å². The van der Waals surface area contributed by atoms with Crippen LogP contribution in [0.4, 0.5) is 5.69 Å². The lowest BCUT2D eigenvalue weighted by atomic mass is 10.2. The van der Waals surface area contributed by atoms with Gasteiger partial charge in [-0.25, -0.2) is 0 Å². The molecule has 0 bridgehead atoms. The van der Waals surface area contributed by atoms with Crippen LogP contribution in [0, 0.1) is 6.92 Å². The smallest absolute Gasteiger partial charge is 0.226 e. The molecule has 0 radical (unpaired) electrons. The van der Waals surface area contributed by atoms with Crippen LogP contribution in [0.5, 0.6) is 0 Å². The number of hydrogen-bond donors (Lipinski definition) is 2. The number of rotatable bonds is 4. The Balaban J connectivity index is 2.45. The summed E-state index contributed by atoms with van der Waals surface area (Å²) < 4.78 is 0. The topological polar surface area (TPSA) is 58.2 Å². The fraction of sp³-hybridized carbons (Fsp3) is 0.333. The van der Waals surface area contributed by atoms with Gasteiger partial charge in [-0.3, -0.25) is 9.59 Å². The molecule has 0 fully saturated rings. The molecule has 17 heavy (non-hydrogen) atoms. The number of amides is 2. The first-order valence-corrected chi connectivity index (χ1v) is 5.67. The predicted molar refractivity (Wildman–Crippen MR) is 68.1 cm³/mol. The van der Waals surface area contributed by atoms with Crippen molar-refractivity contribution in [2.45, 2.75) is 20.3 Å². The van der Waals surface area contributed by atoms with Gasteiger partial charge in [-0.2, -0.15) is 0 Å². The molecule has 2 amide bonds. The van der Waals surface area contributed by atoms with Crippen molar-refractivity contribution in [1.82, 2.24) is 5.32 Å². The van der Waals surface area contributed by atoms with Gasteiger partial charge in [0.2, 0.25) is 11.8 Å². The monoisotopic (exact) mass is 254 g/mol. The summed E-state index contributed by atoms with van der Waals surface area (Å²) >= 11 is 5.93. The van der Waals surface area contributed by atoms with Crippen LogP contribution in [0.3, 0.4) is 0 Å². The maximum Gasteiger partial charge on any atom is 0.226 e. The summed E-state index contributed by atoms with van der Waals surface area (Å²) in [6, 6.07) is 5.33. The molecule has 2 N–H and O–H groups in total. The van der Waals surface area contributed by atoms with Gasteiger partial charge in [0.05, 0.1) is 0 Å². The number of benzene rings is 1. The zero-order chi connectivity index (χ0) is 12.8. The van der Waals surface area contributed by atoms with Crippen LogP contribution in [0.2, 0.25) is 5.02 Å². The van der Waals surface area contributed by atoms with Crippen LogP contribution in [-0.4, -0.2) is 18.4 Å². The van der Waals surface area contributed by atoms with Gasteiger partial charge in [0, 0.05) is 30.6 Å². The van der Waals surface area contributed by atoms with E-state index < -0.39 is 0 Å². The first-order valence-electron chi connectivity index (χ1n) is 5.29. The second kappa shape index (κ2) is 6.25. The van der Waals surface area contributed by atoms with Crippen molar-refractivity contribution in [3.8, 4) is 0 Å². The van der Waals surface area contributed by atoms with Crippen LogP contribution in [0.15, 0.2) is 18.2 Å². The Hall–Kier alpha value is -1.55. The van der Waals surface area contributed by atoms with Gasteiger partial charge in [-0.05, 0) is 24.6 Å². The van der Waals surface area contributed by atoms with E-state index in [0.717, 1.165) is 5.56 Å².